The Morgan fingerprint density at radius 3 is 2.44 bits per heavy atom. The van der Waals surface area contributed by atoms with E-state index in [2.05, 4.69) is 12.2 Å². The van der Waals surface area contributed by atoms with E-state index < -0.39 is 11.6 Å². The molecule has 0 aliphatic rings. The second-order valence-corrected chi connectivity index (χ2v) is 6.89. The molecule has 0 spiro atoms. The molecular formula is C21H33NO5. The minimum Gasteiger partial charge on any atom is -0.490 e. The van der Waals surface area contributed by atoms with E-state index in [0.29, 0.717) is 17.9 Å². The van der Waals surface area contributed by atoms with Crippen molar-refractivity contribution in [2.45, 2.75) is 71.5 Å². The molecule has 1 amide bonds. The number of amides is 1. The number of hydrogen-bond acceptors (Lipinski definition) is 5. The largest absolute Gasteiger partial charge is 0.490 e. The summed E-state index contributed by atoms with van der Waals surface area (Å²) in [5.74, 6) is -0.319. The van der Waals surface area contributed by atoms with Gasteiger partial charge in [0.05, 0.1) is 13.2 Å². The molecular weight excluding hydrogens is 346 g/mol. The molecule has 1 aromatic rings. The van der Waals surface area contributed by atoms with Crippen LogP contribution in [0, 0.1) is 0 Å². The number of anilines is 1. The first-order valence-electron chi connectivity index (χ1n) is 9.56. The zero-order valence-electron chi connectivity index (χ0n) is 17.4. The third-order valence-electron chi connectivity index (χ3n) is 4.73. The summed E-state index contributed by atoms with van der Waals surface area (Å²) in [6, 6.07) is 4.96. The van der Waals surface area contributed by atoms with Gasteiger partial charge in [-0.1, -0.05) is 33.1 Å². The Morgan fingerprint density at radius 2 is 1.89 bits per heavy atom. The van der Waals surface area contributed by atoms with Crippen molar-refractivity contribution in [2.75, 3.05) is 19.5 Å². The van der Waals surface area contributed by atoms with Gasteiger partial charge in [-0.2, -0.15) is 0 Å². The van der Waals surface area contributed by atoms with E-state index in [-0.39, 0.29) is 17.6 Å². The van der Waals surface area contributed by atoms with E-state index in [9.17, 15) is 9.59 Å². The molecule has 1 N–H and O–H groups in total. The Kier molecular flexibility index (Phi) is 9.29. The number of ether oxygens (including phenoxy) is 3. The molecule has 0 fully saturated rings. The third kappa shape index (κ3) is 6.54. The monoisotopic (exact) mass is 379 g/mol. The summed E-state index contributed by atoms with van der Waals surface area (Å²) in [6.45, 7) is 7.82. The summed E-state index contributed by atoms with van der Waals surface area (Å²) in [7, 11) is 2.85. The third-order valence-corrected chi connectivity index (χ3v) is 4.73. The normalized spacial score (nSPS) is 14.1. The van der Waals surface area contributed by atoms with Gasteiger partial charge >= 0.3 is 5.97 Å². The van der Waals surface area contributed by atoms with Gasteiger partial charge in [0.15, 0.2) is 0 Å². The molecule has 27 heavy (non-hydrogen) atoms. The van der Waals surface area contributed by atoms with Gasteiger partial charge in [-0.15, -0.1) is 0 Å². The SMILES string of the molecule is CCCCC[C@@](C)(OC)C(=O)Nc1ccc(O[C@@H](C)CC)c(C(=O)OC)c1. The van der Waals surface area contributed by atoms with Crippen LogP contribution in [0.15, 0.2) is 18.2 Å². The van der Waals surface area contributed by atoms with Crippen LogP contribution < -0.4 is 10.1 Å². The number of benzene rings is 1. The molecule has 0 saturated heterocycles. The molecule has 0 heterocycles. The molecule has 152 valence electrons. The number of unbranched alkanes of at least 4 members (excludes halogenated alkanes) is 2. The zero-order chi connectivity index (χ0) is 20.4. The van der Waals surface area contributed by atoms with E-state index in [0.717, 1.165) is 25.7 Å². The number of methoxy groups -OCH3 is 2. The number of nitrogens with one attached hydrogen (secondary N) is 1. The molecule has 0 radical (unpaired) electrons. The van der Waals surface area contributed by atoms with Gasteiger partial charge in [-0.25, -0.2) is 4.79 Å². The van der Waals surface area contributed by atoms with Gasteiger partial charge in [0.1, 0.15) is 16.9 Å². The Balaban J connectivity index is 3.02. The van der Waals surface area contributed by atoms with E-state index in [1.807, 2.05) is 13.8 Å². The summed E-state index contributed by atoms with van der Waals surface area (Å²) >= 11 is 0. The lowest BCUT2D eigenvalue weighted by Crippen LogP contribution is -2.42. The van der Waals surface area contributed by atoms with Crippen LogP contribution in [0.5, 0.6) is 5.75 Å². The van der Waals surface area contributed by atoms with Crippen molar-refractivity contribution < 1.29 is 23.8 Å². The first kappa shape index (κ1) is 23.0. The topological polar surface area (TPSA) is 73.9 Å². The highest BCUT2D eigenvalue weighted by Crippen LogP contribution is 2.27. The maximum atomic E-state index is 12.7. The molecule has 1 rings (SSSR count). The average Bonchev–Trinajstić information content (AvgIpc) is 2.68. The highest BCUT2D eigenvalue weighted by molar-refractivity contribution is 5.99. The van der Waals surface area contributed by atoms with Crippen LogP contribution in [-0.2, 0) is 14.3 Å². The Labute approximate surface area is 162 Å². The standard InChI is InChI=1S/C21H33NO5/c1-7-9-10-13-21(4,26-6)20(24)22-16-11-12-18(27-15(3)8-2)17(14-16)19(23)25-5/h11-12,14-15H,7-10,13H2,1-6H3,(H,22,24)/t15-,21+/m0/s1. The van der Waals surface area contributed by atoms with E-state index in [1.54, 1.807) is 25.1 Å². The summed E-state index contributed by atoms with van der Waals surface area (Å²) in [6.07, 6.45) is 4.42. The van der Waals surface area contributed by atoms with Crippen LogP contribution in [0.4, 0.5) is 5.69 Å². The van der Waals surface area contributed by atoms with Crippen molar-refractivity contribution >= 4 is 17.6 Å². The zero-order valence-corrected chi connectivity index (χ0v) is 17.4. The minimum absolute atomic E-state index is 0.0378. The van der Waals surface area contributed by atoms with Gasteiger partial charge in [-0.05, 0) is 44.9 Å². The Morgan fingerprint density at radius 1 is 1.19 bits per heavy atom. The molecule has 0 bridgehead atoms. The number of esters is 1. The number of hydrogen-bond donors (Lipinski definition) is 1. The van der Waals surface area contributed by atoms with Crippen LogP contribution in [-0.4, -0.2) is 37.8 Å². The van der Waals surface area contributed by atoms with E-state index in [4.69, 9.17) is 14.2 Å². The van der Waals surface area contributed by atoms with Crippen LogP contribution in [0.1, 0.15) is 70.2 Å². The van der Waals surface area contributed by atoms with Crippen LogP contribution in [0.2, 0.25) is 0 Å². The van der Waals surface area contributed by atoms with Crippen molar-refractivity contribution in [2.24, 2.45) is 0 Å². The van der Waals surface area contributed by atoms with Crippen molar-refractivity contribution in [1.82, 2.24) is 0 Å². The Bertz CT molecular complexity index is 631. The van der Waals surface area contributed by atoms with Gasteiger partial charge in [-0.3, -0.25) is 4.79 Å². The van der Waals surface area contributed by atoms with Crippen molar-refractivity contribution in [3.8, 4) is 5.75 Å². The Hall–Kier alpha value is -2.08. The molecule has 1 aromatic carbocycles. The van der Waals surface area contributed by atoms with Gasteiger partial charge in [0, 0.05) is 12.8 Å². The second-order valence-electron chi connectivity index (χ2n) is 6.89. The molecule has 6 nitrogen and oxygen atoms in total. The first-order chi connectivity index (χ1) is 12.8. The first-order valence-corrected chi connectivity index (χ1v) is 9.56. The molecule has 2 atom stereocenters. The van der Waals surface area contributed by atoms with E-state index >= 15 is 0 Å². The van der Waals surface area contributed by atoms with Crippen molar-refractivity contribution in [3.63, 3.8) is 0 Å². The lowest BCUT2D eigenvalue weighted by molar-refractivity contribution is -0.136. The molecule has 0 aromatic heterocycles. The molecule has 0 saturated carbocycles. The quantitative estimate of drug-likeness (QED) is 0.450. The summed E-state index contributed by atoms with van der Waals surface area (Å²) in [5.41, 5.74) is -0.150. The van der Waals surface area contributed by atoms with Crippen LogP contribution in [0.3, 0.4) is 0 Å². The summed E-state index contributed by atoms with van der Waals surface area (Å²) < 4.78 is 16.1. The second kappa shape index (κ2) is 10.9. The highest BCUT2D eigenvalue weighted by atomic mass is 16.5. The fraction of sp³-hybridized carbons (Fsp3) is 0.619. The fourth-order valence-corrected chi connectivity index (χ4v) is 2.56. The lowest BCUT2D eigenvalue weighted by atomic mass is 9.96. The van der Waals surface area contributed by atoms with Crippen LogP contribution >= 0.6 is 0 Å². The number of carbonyl (C=O) groups is 2. The highest BCUT2D eigenvalue weighted by Gasteiger charge is 2.32. The maximum Gasteiger partial charge on any atom is 0.341 e. The smallest absolute Gasteiger partial charge is 0.341 e. The summed E-state index contributed by atoms with van der Waals surface area (Å²) in [5, 5.41) is 2.85. The number of carbonyl (C=O) groups excluding carboxylic acids is 2. The van der Waals surface area contributed by atoms with Gasteiger partial charge in [0.25, 0.3) is 5.91 Å². The molecule has 6 heteroatoms. The molecule has 0 aliphatic heterocycles. The minimum atomic E-state index is -0.924. The van der Waals surface area contributed by atoms with E-state index in [1.165, 1.54) is 14.2 Å². The van der Waals surface area contributed by atoms with Gasteiger partial charge < -0.3 is 19.5 Å². The predicted octanol–water partition coefficient (Wildman–Crippen LogP) is 4.57. The average molecular weight is 379 g/mol. The molecule has 0 aliphatic carbocycles. The van der Waals surface area contributed by atoms with Crippen molar-refractivity contribution in [3.05, 3.63) is 23.8 Å². The molecule has 0 unspecified atom stereocenters. The summed E-state index contributed by atoms with van der Waals surface area (Å²) in [4.78, 5) is 24.9. The maximum absolute atomic E-state index is 12.7. The predicted molar refractivity (Wildman–Crippen MR) is 106 cm³/mol. The fourth-order valence-electron chi connectivity index (χ4n) is 2.56. The van der Waals surface area contributed by atoms with Crippen LogP contribution in [0.25, 0.3) is 0 Å². The van der Waals surface area contributed by atoms with Crippen molar-refractivity contribution in [1.29, 1.82) is 0 Å². The lowest BCUT2D eigenvalue weighted by Gasteiger charge is -2.27. The van der Waals surface area contributed by atoms with Gasteiger partial charge in [0.2, 0.25) is 0 Å². The number of rotatable bonds is 11.